The molecule has 0 saturated carbocycles. The predicted molar refractivity (Wildman–Crippen MR) is 40.5 cm³/mol. The van der Waals surface area contributed by atoms with Gasteiger partial charge in [0.15, 0.2) is 0 Å². The van der Waals surface area contributed by atoms with Crippen molar-refractivity contribution < 1.29 is 19.4 Å². The summed E-state index contributed by atoms with van der Waals surface area (Å²) in [6.07, 6.45) is 2.60. The first kappa shape index (κ1) is 8.84. The Morgan fingerprint density at radius 3 is 2.50 bits per heavy atom. The number of allylic oxidation sites excluding steroid dienone is 3. The minimum atomic E-state index is -2.85. The molecule has 0 aromatic rings. The Morgan fingerprint density at radius 2 is 2.17 bits per heavy atom. The van der Waals surface area contributed by atoms with Gasteiger partial charge >= 0.3 is 14.0 Å². The maximum absolute atomic E-state index is 10.5. The lowest BCUT2D eigenvalue weighted by Gasteiger charge is -1.94. The van der Waals surface area contributed by atoms with E-state index in [-0.39, 0.29) is 16.5 Å². The van der Waals surface area contributed by atoms with E-state index in [1.54, 1.807) is 0 Å². The smallest absolute Gasteiger partial charge is 0.349 e. The van der Waals surface area contributed by atoms with Crippen LogP contribution in [0.3, 0.4) is 0 Å². The summed E-state index contributed by atoms with van der Waals surface area (Å²) in [4.78, 5) is 21.0. The van der Waals surface area contributed by atoms with Crippen LogP contribution in [-0.2, 0) is 9.36 Å². The molecule has 62 valence electrons. The van der Waals surface area contributed by atoms with E-state index < -0.39 is 14.0 Å². The molecular weight excluding hydrogens is 179 g/mol. The van der Waals surface area contributed by atoms with E-state index in [1.807, 2.05) is 0 Å². The summed E-state index contributed by atoms with van der Waals surface area (Å²) in [6.45, 7) is 3.40. The van der Waals surface area contributed by atoms with E-state index in [0.29, 0.717) is 0 Å². The van der Waals surface area contributed by atoms with E-state index in [1.165, 1.54) is 12.2 Å². The molecule has 4 nitrogen and oxygen atoms in total. The van der Waals surface area contributed by atoms with Crippen LogP contribution in [0.1, 0.15) is 0 Å². The van der Waals surface area contributed by atoms with Gasteiger partial charge < -0.3 is 10.00 Å². The third-order valence-corrected chi connectivity index (χ3v) is 2.20. The van der Waals surface area contributed by atoms with E-state index in [4.69, 9.17) is 5.11 Å². The van der Waals surface area contributed by atoms with Gasteiger partial charge in [-0.15, -0.1) is 0 Å². The highest BCUT2D eigenvalue weighted by atomic mass is 31.1. The Labute approximate surface area is 69.4 Å². The van der Waals surface area contributed by atoms with Crippen molar-refractivity contribution in [3.8, 4) is 0 Å². The average Bonchev–Trinajstić information content (AvgIpc) is 2.30. The van der Waals surface area contributed by atoms with Crippen LogP contribution >= 0.6 is 8.03 Å². The van der Waals surface area contributed by atoms with Crippen LogP contribution in [0, 0.1) is 0 Å². The Hall–Kier alpha value is -1.25. The van der Waals surface area contributed by atoms with Gasteiger partial charge in [0.25, 0.3) is 0 Å². The van der Waals surface area contributed by atoms with Gasteiger partial charge in [0, 0.05) is 0 Å². The Bertz CT molecular complexity index is 321. The molecule has 12 heavy (non-hydrogen) atoms. The van der Waals surface area contributed by atoms with Crippen molar-refractivity contribution in [2.45, 2.75) is 0 Å². The monoisotopic (exact) mass is 184 g/mol. The molecule has 0 aromatic heterocycles. The fourth-order valence-electron chi connectivity index (χ4n) is 0.910. The van der Waals surface area contributed by atoms with Crippen molar-refractivity contribution in [3.05, 3.63) is 35.2 Å². The second kappa shape index (κ2) is 3.01. The molecule has 5 heteroatoms. The molecule has 1 unspecified atom stereocenters. The van der Waals surface area contributed by atoms with Gasteiger partial charge in [-0.2, -0.15) is 0 Å². The first-order valence-electron chi connectivity index (χ1n) is 3.03. The van der Waals surface area contributed by atoms with Gasteiger partial charge in [0.1, 0.15) is 5.57 Å². The van der Waals surface area contributed by atoms with Gasteiger partial charge in [-0.25, -0.2) is 4.79 Å². The van der Waals surface area contributed by atoms with Gasteiger partial charge in [0.05, 0.1) is 0 Å². The van der Waals surface area contributed by atoms with Crippen LogP contribution in [0.25, 0.3) is 0 Å². The molecule has 0 spiro atoms. The minimum absolute atomic E-state index is 0.178. The Kier molecular flexibility index (Phi) is 2.22. The number of carbonyl (C=O) groups is 1. The summed E-state index contributed by atoms with van der Waals surface area (Å²) in [6, 6.07) is 0. The Morgan fingerprint density at radius 1 is 1.58 bits per heavy atom. The minimum Gasteiger partial charge on any atom is -0.591 e. The number of carboxylic acid groups (broad SMARTS) is 1. The van der Waals surface area contributed by atoms with Crippen molar-refractivity contribution in [1.82, 2.24) is 0 Å². The first-order chi connectivity index (χ1) is 5.54. The third kappa shape index (κ3) is 1.35. The second-order valence-corrected chi connectivity index (χ2v) is 3.18. The zero-order chi connectivity index (χ0) is 9.30. The summed E-state index contributed by atoms with van der Waals surface area (Å²) >= 11 is 0. The van der Waals surface area contributed by atoms with E-state index in [0.717, 1.165) is 0 Å². The molecule has 1 rings (SSSR count). The van der Waals surface area contributed by atoms with Crippen molar-refractivity contribution >= 4 is 14.0 Å². The molecule has 0 saturated heterocycles. The van der Waals surface area contributed by atoms with Crippen molar-refractivity contribution in [2.75, 3.05) is 0 Å². The number of carboxylic acids is 1. The number of rotatable bonds is 2. The van der Waals surface area contributed by atoms with Crippen LogP contribution in [0.2, 0.25) is 0 Å². The molecule has 0 fully saturated rings. The number of hydrogen-bond donors (Lipinski definition) is 1. The van der Waals surface area contributed by atoms with Gasteiger partial charge in [0.2, 0.25) is 5.31 Å². The molecule has 0 heterocycles. The number of hydrogen-bond acceptors (Lipinski definition) is 3. The number of aliphatic carboxylic acids is 1. The highest BCUT2D eigenvalue weighted by Gasteiger charge is 2.27. The maximum atomic E-state index is 10.5. The second-order valence-electron chi connectivity index (χ2n) is 2.18. The molecule has 0 aliphatic heterocycles. The highest BCUT2D eigenvalue weighted by molar-refractivity contribution is 7.42. The molecule has 0 bridgehead atoms. The van der Waals surface area contributed by atoms with Crippen LogP contribution in [0.4, 0.5) is 0 Å². The molecular formula is C7H5O4P. The molecule has 1 atom stereocenters. The largest absolute Gasteiger partial charge is 0.591 e. The van der Waals surface area contributed by atoms with Gasteiger partial charge in [-0.05, 0) is 17.7 Å². The molecule has 0 amide bonds. The molecule has 0 aromatic carbocycles. The van der Waals surface area contributed by atoms with Crippen LogP contribution < -0.4 is 4.89 Å². The third-order valence-electron chi connectivity index (χ3n) is 1.43. The molecule has 1 aliphatic carbocycles. The Balaban J connectivity index is 3.22. The lowest BCUT2D eigenvalue weighted by atomic mass is 10.2. The fourth-order valence-corrected chi connectivity index (χ4v) is 1.53. The van der Waals surface area contributed by atoms with E-state index in [2.05, 4.69) is 6.58 Å². The lowest BCUT2D eigenvalue weighted by molar-refractivity contribution is -0.162. The fraction of sp³-hybridized carbons (Fsp3) is 0. The van der Waals surface area contributed by atoms with Gasteiger partial charge in [-0.3, -0.25) is 0 Å². The zero-order valence-corrected chi connectivity index (χ0v) is 6.88. The molecule has 0 radical (unpaired) electrons. The van der Waals surface area contributed by atoms with Crippen molar-refractivity contribution in [3.63, 3.8) is 0 Å². The van der Waals surface area contributed by atoms with Crippen LogP contribution in [-0.4, -0.2) is 11.1 Å². The molecule has 1 aliphatic rings. The standard InChI is InChI=1S/C7H5O4P/c1-4-2-3-5(12(10)11)6(4)7(8)9/h2-3H,1H2,(H,8,9). The van der Waals surface area contributed by atoms with Crippen molar-refractivity contribution in [2.24, 2.45) is 0 Å². The predicted octanol–water partition coefficient (Wildman–Crippen LogP) is 0.554. The zero-order valence-electron chi connectivity index (χ0n) is 5.98. The maximum Gasteiger partial charge on any atom is 0.349 e. The summed E-state index contributed by atoms with van der Waals surface area (Å²) in [7, 11) is -2.85. The van der Waals surface area contributed by atoms with Crippen LogP contribution in [0.5, 0.6) is 0 Å². The van der Waals surface area contributed by atoms with Crippen LogP contribution in [0.15, 0.2) is 35.2 Å². The summed E-state index contributed by atoms with van der Waals surface area (Å²) in [5.74, 6) is -1.26. The quantitative estimate of drug-likeness (QED) is 0.635. The summed E-state index contributed by atoms with van der Waals surface area (Å²) < 4.78 is 10.5. The summed E-state index contributed by atoms with van der Waals surface area (Å²) in [5, 5.41) is 8.40. The average molecular weight is 184 g/mol. The normalized spacial score (nSPS) is 17.1. The van der Waals surface area contributed by atoms with Gasteiger partial charge in [-0.1, -0.05) is 11.1 Å². The molecule has 1 N–H and O–H groups in total. The van der Waals surface area contributed by atoms with Crippen molar-refractivity contribution in [1.29, 1.82) is 0 Å². The first-order valence-corrected chi connectivity index (χ1v) is 4.21. The SMILES string of the molecule is C=C1C=CC([P+](=O)[O-])=C1C(=O)O. The summed E-state index contributed by atoms with van der Waals surface area (Å²) in [5.41, 5.74) is -0.0113. The topological polar surface area (TPSA) is 77.4 Å². The van der Waals surface area contributed by atoms with E-state index in [9.17, 15) is 14.3 Å². The lowest BCUT2D eigenvalue weighted by Crippen LogP contribution is -2.02. The highest BCUT2D eigenvalue weighted by Crippen LogP contribution is 2.35. The van der Waals surface area contributed by atoms with E-state index >= 15 is 0 Å².